The van der Waals surface area contributed by atoms with Gasteiger partial charge in [0.05, 0.1) is 24.6 Å². The summed E-state index contributed by atoms with van der Waals surface area (Å²) in [6.45, 7) is 5.92. The fourth-order valence-corrected chi connectivity index (χ4v) is 2.00. The summed E-state index contributed by atoms with van der Waals surface area (Å²) in [5, 5.41) is 0.428. The van der Waals surface area contributed by atoms with Crippen molar-refractivity contribution in [2.24, 2.45) is 0 Å². The molecule has 1 aromatic heterocycles. The molecule has 0 saturated carbocycles. The van der Waals surface area contributed by atoms with Gasteiger partial charge in [0, 0.05) is 12.2 Å². The molecule has 0 atom stereocenters. The fraction of sp³-hybridized carbons (Fsp3) is 0.286. The number of benzene rings is 1. The van der Waals surface area contributed by atoms with Crippen molar-refractivity contribution in [3.05, 3.63) is 53.1 Å². The zero-order valence-electron chi connectivity index (χ0n) is 10.6. The number of anilines is 1. The maximum Gasteiger partial charge on any atom is 0.147 e. The minimum Gasteiger partial charge on any atom is -0.366 e. The van der Waals surface area contributed by atoms with Gasteiger partial charge in [-0.1, -0.05) is 29.8 Å². The van der Waals surface area contributed by atoms with Crippen LogP contribution in [0.4, 0.5) is 5.69 Å². The van der Waals surface area contributed by atoms with Crippen molar-refractivity contribution in [3.8, 4) is 0 Å². The Labute approximate surface area is 112 Å². The van der Waals surface area contributed by atoms with E-state index in [1.807, 2.05) is 0 Å². The van der Waals surface area contributed by atoms with Crippen molar-refractivity contribution in [2.75, 3.05) is 11.4 Å². The lowest BCUT2D eigenvalue weighted by Crippen LogP contribution is -2.23. The van der Waals surface area contributed by atoms with Crippen molar-refractivity contribution in [1.82, 2.24) is 9.97 Å². The molecule has 0 unspecified atom stereocenters. The lowest BCUT2D eigenvalue weighted by atomic mass is 10.2. The Morgan fingerprint density at radius 1 is 1.17 bits per heavy atom. The highest BCUT2D eigenvalue weighted by Gasteiger charge is 2.08. The van der Waals surface area contributed by atoms with E-state index in [0.717, 1.165) is 18.8 Å². The Morgan fingerprint density at radius 2 is 1.94 bits per heavy atom. The highest BCUT2D eigenvalue weighted by molar-refractivity contribution is 6.29. The van der Waals surface area contributed by atoms with E-state index < -0.39 is 0 Å². The maximum absolute atomic E-state index is 5.74. The second kappa shape index (κ2) is 5.83. The van der Waals surface area contributed by atoms with E-state index in [-0.39, 0.29) is 0 Å². The van der Waals surface area contributed by atoms with Crippen LogP contribution in [0.5, 0.6) is 0 Å². The minimum absolute atomic E-state index is 0.428. The molecule has 2 aromatic rings. The normalized spacial score (nSPS) is 10.4. The third-order valence-corrected chi connectivity index (χ3v) is 3.06. The summed E-state index contributed by atoms with van der Waals surface area (Å²) >= 11 is 5.74. The van der Waals surface area contributed by atoms with Crippen LogP contribution >= 0.6 is 11.6 Å². The summed E-state index contributed by atoms with van der Waals surface area (Å²) in [4.78, 5) is 10.6. The summed E-state index contributed by atoms with van der Waals surface area (Å²) in [7, 11) is 0. The first-order chi connectivity index (χ1) is 8.70. The molecular weight excluding hydrogens is 246 g/mol. The first kappa shape index (κ1) is 12.8. The molecule has 3 nitrogen and oxygen atoms in total. The van der Waals surface area contributed by atoms with Crippen LogP contribution in [-0.2, 0) is 6.54 Å². The van der Waals surface area contributed by atoms with Crippen molar-refractivity contribution in [2.45, 2.75) is 20.4 Å². The highest BCUT2D eigenvalue weighted by atomic mass is 35.5. The topological polar surface area (TPSA) is 29.0 Å². The van der Waals surface area contributed by atoms with Crippen molar-refractivity contribution >= 4 is 17.3 Å². The number of aryl methyl sites for hydroxylation is 1. The van der Waals surface area contributed by atoms with Crippen LogP contribution in [0.25, 0.3) is 0 Å². The molecule has 0 spiro atoms. The average Bonchev–Trinajstić information content (AvgIpc) is 2.39. The van der Waals surface area contributed by atoms with Gasteiger partial charge in [-0.05, 0) is 25.5 Å². The molecule has 0 saturated heterocycles. The maximum atomic E-state index is 5.74. The summed E-state index contributed by atoms with van der Waals surface area (Å²) < 4.78 is 0. The van der Waals surface area contributed by atoms with E-state index in [1.54, 1.807) is 12.4 Å². The largest absolute Gasteiger partial charge is 0.366 e. The van der Waals surface area contributed by atoms with Gasteiger partial charge in [0.15, 0.2) is 0 Å². The molecule has 0 amide bonds. The van der Waals surface area contributed by atoms with E-state index in [4.69, 9.17) is 11.6 Å². The SMILES string of the molecule is CCN(Cc1cnc(Cl)cn1)c1ccccc1C. The molecule has 94 valence electrons. The van der Waals surface area contributed by atoms with Gasteiger partial charge in [-0.2, -0.15) is 0 Å². The van der Waals surface area contributed by atoms with Gasteiger partial charge in [-0.3, -0.25) is 4.98 Å². The molecule has 0 aliphatic heterocycles. The fourth-order valence-electron chi connectivity index (χ4n) is 1.90. The molecule has 1 aromatic carbocycles. The summed E-state index contributed by atoms with van der Waals surface area (Å²) in [6.07, 6.45) is 3.31. The van der Waals surface area contributed by atoms with Gasteiger partial charge in [0.25, 0.3) is 0 Å². The molecule has 0 aliphatic carbocycles. The van der Waals surface area contributed by atoms with E-state index in [9.17, 15) is 0 Å². The molecule has 4 heteroatoms. The first-order valence-corrected chi connectivity index (χ1v) is 6.35. The number of hydrogen-bond acceptors (Lipinski definition) is 3. The van der Waals surface area contributed by atoms with Crippen molar-refractivity contribution in [1.29, 1.82) is 0 Å². The number of rotatable bonds is 4. The number of para-hydroxylation sites is 1. The zero-order valence-corrected chi connectivity index (χ0v) is 11.4. The second-order valence-corrected chi connectivity index (χ2v) is 4.52. The van der Waals surface area contributed by atoms with Gasteiger partial charge in [-0.25, -0.2) is 4.98 Å². The number of aromatic nitrogens is 2. The molecular formula is C14H16ClN3. The molecule has 2 rings (SSSR count). The quantitative estimate of drug-likeness (QED) is 0.844. The number of hydrogen-bond donors (Lipinski definition) is 0. The second-order valence-electron chi connectivity index (χ2n) is 4.13. The minimum atomic E-state index is 0.428. The van der Waals surface area contributed by atoms with Crippen LogP contribution in [0.15, 0.2) is 36.7 Å². The Morgan fingerprint density at radius 3 is 2.56 bits per heavy atom. The van der Waals surface area contributed by atoms with E-state index >= 15 is 0 Å². The molecule has 0 fully saturated rings. The van der Waals surface area contributed by atoms with Crippen LogP contribution in [0.3, 0.4) is 0 Å². The van der Waals surface area contributed by atoms with Crippen LogP contribution < -0.4 is 4.90 Å². The predicted octanol–water partition coefficient (Wildman–Crippen LogP) is 3.46. The summed E-state index contributed by atoms with van der Waals surface area (Å²) in [6, 6.07) is 8.35. The van der Waals surface area contributed by atoms with Crippen LogP contribution in [0.1, 0.15) is 18.2 Å². The number of nitrogens with zero attached hydrogens (tertiary/aromatic N) is 3. The van der Waals surface area contributed by atoms with Gasteiger partial charge in [-0.15, -0.1) is 0 Å². The lowest BCUT2D eigenvalue weighted by molar-refractivity contribution is 0.800. The van der Waals surface area contributed by atoms with Gasteiger partial charge in [0.1, 0.15) is 5.15 Å². The van der Waals surface area contributed by atoms with Crippen molar-refractivity contribution in [3.63, 3.8) is 0 Å². The van der Waals surface area contributed by atoms with Gasteiger partial charge >= 0.3 is 0 Å². The smallest absolute Gasteiger partial charge is 0.147 e. The molecule has 18 heavy (non-hydrogen) atoms. The van der Waals surface area contributed by atoms with Crippen LogP contribution in [0, 0.1) is 6.92 Å². The third kappa shape index (κ3) is 2.99. The molecule has 0 bridgehead atoms. The molecule has 0 radical (unpaired) electrons. The average molecular weight is 262 g/mol. The molecule has 0 N–H and O–H groups in total. The first-order valence-electron chi connectivity index (χ1n) is 5.97. The molecule has 1 heterocycles. The summed E-state index contributed by atoms with van der Waals surface area (Å²) in [5.41, 5.74) is 3.42. The Balaban J connectivity index is 2.20. The third-order valence-electron chi connectivity index (χ3n) is 2.86. The van der Waals surface area contributed by atoms with E-state index in [0.29, 0.717) is 5.15 Å². The van der Waals surface area contributed by atoms with Crippen LogP contribution in [0.2, 0.25) is 5.15 Å². The van der Waals surface area contributed by atoms with Gasteiger partial charge in [0.2, 0.25) is 0 Å². The predicted molar refractivity (Wildman–Crippen MR) is 74.9 cm³/mol. The Kier molecular flexibility index (Phi) is 4.15. The zero-order chi connectivity index (χ0) is 13.0. The monoisotopic (exact) mass is 261 g/mol. The van der Waals surface area contributed by atoms with Crippen molar-refractivity contribution < 1.29 is 0 Å². The van der Waals surface area contributed by atoms with E-state index in [1.165, 1.54) is 11.3 Å². The molecule has 0 aliphatic rings. The van der Waals surface area contributed by atoms with Gasteiger partial charge < -0.3 is 4.90 Å². The van der Waals surface area contributed by atoms with Crippen LogP contribution in [-0.4, -0.2) is 16.5 Å². The standard InChI is InChI=1S/C14H16ClN3/c1-3-18(13-7-5-4-6-11(13)2)10-12-8-17-14(15)9-16-12/h4-9H,3,10H2,1-2H3. The Bertz CT molecular complexity index is 511. The number of halogens is 1. The summed E-state index contributed by atoms with van der Waals surface area (Å²) in [5.74, 6) is 0. The van der Waals surface area contributed by atoms with E-state index in [2.05, 4.69) is 53.0 Å². The Hall–Kier alpha value is -1.61. The highest BCUT2D eigenvalue weighted by Crippen LogP contribution is 2.20. The lowest BCUT2D eigenvalue weighted by Gasteiger charge is -2.24.